The normalized spacial score (nSPS) is 10.0. The van der Waals surface area contributed by atoms with Crippen LogP contribution < -0.4 is 29.6 Å². The minimum absolute atomic E-state index is 0. The third-order valence-electron chi connectivity index (χ3n) is 2.16. The first-order valence-electron chi connectivity index (χ1n) is 4.87. The molecule has 2 heteroatoms. The average Bonchev–Trinajstić information content (AvgIpc) is 2.30. The number of rotatable bonds is 2. The van der Waals surface area contributed by atoms with Gasteiger partial charge in [-0.1, -0.05) is 54.6 Å². The van der Waals surface area contributed by atoms with Crippen LogP contribution >= 0.6 is 0 Å². The zero-order valence-corrected chi connectivity index (χ0v) is 11.3. The Labute approximate surface area is 119 Å². The van der Waals surface area contributed by atoms with Crippen molar-refractivity contribution in [1.82, 2.24) is 0 Å². The van der Waals surface area contributed by atoms with E-state index < -0.39 is 0 Å². The number of benzene rings is 2. The van der Waals surface area contributed by atoms with Crippen LogP contribution in [0.5, 0.6) is 5.75 Å². The Hall–Kier alpha value is -1.02. The maximum atomic E-state index is 9.12. The molecular formula is C14H13NaO. The molecule has 2 aromatic carbocycles. The van der Waals surface area contributed by atoms with Crippen molar-refractivity contribution >= 4 is 12.2 Å². The number of hydrogen-bond acceptors (Lipinski definition) is 1. The molecule has 0 unspecified atom stereocenters. The van der Waals surface area contributed by atoms with Gasteiger partial charge in [0.2, 0.25) is 0 Å². The van der Waals surface area contributed by atoms with Crippen molar-refractivity contribution in [1.29, 1.82) is 0 Å². The van der Waals surface area contributed by atoms with E-state index in [1.54, 1.807) is 12.1 Å². The van der Waals surface area contributed by atoms with Crippen LogP contribution in [0.25, 0.3) is 12.2 Å². The predicted octanol–water partition coefficient (Wildman–Crippen LogP) is 0.679. The van der Waals surface area contributed by atoms with Crippen LogP contribution in [0.15, 0.2) is 54.6 Å². The van der Waals surface area contributed by atoms with Crippen LogP contribution in [0.2, 0.25) is 0 Å². The van der Waals surface area contributed by atoms with E-state index in [1.165, 1.54) is 5.56 Å². The van der Waals surface area contributed by atoms with Gasteiger partial charge in [0.15, 0.2) is 0 Å². The molecule has 0 spiro atoms. The van der Waals surface area contributed by atoms with E-state index >= 15 is 0 Å². The van der Waals surface area contributed by atoms with E-state index in [9.17, 15) is 0 Å². The van der Waals surface area contributed by atoms with E-state index in [4.69, 9.17) is 5.11 Å². The molecule has 0 saturated carbocycles. The maximum absolute atomic E-state index is 9.12. The average molecular weight is 220 g/mol. The number of phenols is 1. The van der Waals surface area contributed by atoms with E-state index in [2.05, 4.69) is 12.1 Å². The Morgan fingerprint density at radius 1 is 0.750 bits per heavy atom. The van der Waals surface area contributed by atoms with Gasteiger partial charge in [-0.2, -0.15) is 0 Å². The number of hydrogen-bond donors (Lipinski definition) is 1. The van der Waals surface area contributed by atoms with Crippen molar-refractivity contribution in [3.8, 4) is 5.75 Å². The third-order valence-corrected chi connectivity index (χ3v) is 2.16. The summed E-state index contributed by atoms with van der Waals surface area (Å²) in [6, 6.07) is 17.3. The molecule has 1 nitrogen and oxygen atoms in total. The standard InChI is InChI=1S/C14H12O.Na.H/c15-14-10-8-13(9-11-14)7-6-12-4-2-1-3-5-12;;/h1-11,15H;;/q;+1;-1/b7-6+;;. The second-order valence-electron chi connectivity index (χ2n) is 3.34. The van der Waals surface area contributed by atoms with E-state index in [0.29, 0.717) is 5.75 Å². The summed E-state index contributed by atoms with van der Waals surface area (Å²) < 4.78 is 0. The summed E-state index contributed by atoms with van der Waals surface area (Å²) in [5.41, 5.74) is 2.25. The smallest absolute Gasteiger partial charge is 1.00 e. The molecule has 1 N–H and O–H groups in total. The molecule has 16 heavy (non-hydrogen) atoms. The van der Waals surface area contributed by atoms with Gasteiger partial charge in [0.1, 0.15) is 5.75 Å². The van der Waals surface area contributed by atoms with Crippen molar-refractivity contribution in [2.24, 2.45) is 0 Å². The molecule has 0 aliphatic carbocycles. The second-order valence-corrected chi connectivity index (χ2v) is 3.34. The van der Waals surface area contributed by atoms with E-state index in [1.807, 2.05) is 42.5 Å². The molecule has 0 aliphatic heterocycles. The molecule has 0 amide bonds. The first kappa shape index (κ1) is 13.0. The Morgan fingerprint density at radius 3 is 1.81 bits per heavy atom. The van der Waals surface area contributed by atoms with Crippen LogP contribution in [0.3, 0.4) is 0 Å². The van der Waals surface area contributed by atoms with Gasteiger partial charge in [-0.25, -0.2) is 0 Å². The summed E-state index contributed by atoms with van der Waals surface area (Å²) in [5.74, 6) is 0.298. The summed E-state index contributed by atoms with van der Waals surface area (Å²) in [6.07, 6.45) is 4.07. The largest absolute Gasteiger partial charge is 1.00 e. The van der Waals surface area contributed by atoms with Gasteiger partial charge in [0.25, 0.3) is 0 Å². The quantitative estimate of drug-likeness (QED) is 0.583. The van der Waals surface area contributed by atoms with Gasteiger partial charge in [-0.15, -0.1) is 0 Å². The second kappa shape index (κ2) is 6.54. The minimum atomic E-state index is 0. The molecule has 0 atom stereocenters. The molecular weight excluding hydrogens is 207 g/mol. The molecule has 0 bridgehead atoms. The van der Waals surface area contributed by atoms with Gasteiger partial charge in [-0.05, 0) is 23.3 Å². The summed E-state index contributed by atoms with van der Waals surface area (Å²) in [6.45, 7) is 0. The molecule has 0 saturated heterocycles. The minimum Gasteiger partial charge on any atom is -1.00 e. The molecule has 2 aromatic rings. The van der Waals surface area contributed by atoms with E-state index in [-0.39, 0.29) is 31.0 Å². The van der Waals surface area contributed by atoms with Crippen LogP contribution in [0, 0.1) is 0 Å². The fourth-order valence-electron chi connectivity index (χ4n) is 1.34. The third kappa shape index (κ3) is 3.86. The van der Waals surface area contributed by atoms with E-state index in [0.717, 1.165) is 5.56 Å². The zero-order chi connectivity index (χ0) is 10.5. The Balaban J connectivity index is 0.00000128. The van der Waals surface area contributed by atoms with Crippen LogP contribution in [-0.2, 0) is 0 Å². The Kier molecular flexibility index (Phi) is 5.33. The zero-order valence-electron chi connectivity index (χ0n) is 10.3. The van der Waals surface area contributed by atoms with Crippen LogP contribution in [0.4, 0.5) is 0 Å². The number of aromatic hydroxyl groups is 1. The van der Waals surface area contributed by atoms with Crippen LogP contribution in [-0.4, -0.2) is 5.11 Å². The Bertz CT molecular complexity index is 451. The monoisotopic (exact) mass is 220 g/mol. The van der Waals surface area contributed by atoms with Crippen molar-refractivity contribution in [2.45, 2.75) is 0 Å². The first-order chi connectivity index (χ1) is 7.34. The van der Waals surface area contributed by atoms with Gasteiger partial charge >= 0.3 is 29.6 Å². The molecule has 0 radical (unpaired) electrons. The summed E-state index contributed by atoms with van der Waals surface area (Å²) in [7, 11) is 0. The molecule has 0 aliphatic rings. The molecule has 76 valence electrons. The molecule has 0 fully saturated rings. The summed E-state index contributed by atoms with van der Waals surface area (Å²) >= 11 is 0. The van der Waals surface area contributed by atoms with Gasteiger partial charge in [-0.3, -0.25) is 0 Å². The van der Waals surface area contributed by atoms with Crippen molar-refractivity contribution < 1.29 is 36.1 Å². The fraction of sp³-hybridized carbons (Fsp3) is 0. The Morgan fingerprint density at radius 2 is 1.25 bits per heavy atom. The molecule has 0 heterocycles. The van der Waals surface area contributed by atoms with Gasteiger partial charge in [0, 0.05) is 0 Å². The topological polar surface area (TPSA) is 20.2 Å². The SMILES string of the molecule is Oc1ccc(/C=C/c2ccccc2)cc1.[H-].[Na+]. The van der Waals surface area contributed by atoms with Crippen molar-refractivity contribution in [3.63, 3.8) is 0 Å². The van der Waals surface area contributed by atoms with Gasteiger partial charge in [0.05, 0.1) is 0 Å². The first-order valence-corrected chi connectivity index (χ1v) is 4.87. The summed E-state index contributed by atoms with van der Waals surface area (Å²) in [4.78, 5) is 0. The van der Waals surface area contributed by atoms with Crippen molar-refractivity contribution in [3.05, 3.63) is 65.7 Å². The molecule has 2 rings (SSSR count). The van der Waals surface area contributed by atoms with Gasteiger partial charge < -0.3 is 6.53 Å². The fourth-order valence-corrected chi connectivity index (χ4v) is 1.34. The molecule has 0 aromatic heterocycles. The van der Waals surface area contributed by atoms with Crippen LogP contribution in [0.1, 0.15) is 12.6 Å². The summed E-state index contributed by atoms with van der Waals surface area (Å²) in [5, 5.41) is 9.12. The predicted molar refractivity (Wildman–Crippen MR) is 64.6 cm³/mol. The van der Waals surface area contributed by atoms with Crippen molar-refractivity contribution in [2.75, 3.05) is 0 Å². The number of phenolic OH excluding ortho intramolecular Hbond substituents is 1. The maximum Gasteiger partial charge on any atom is 1.00 e.